The fraction of sp³-hybridized carbons (Fsp3) is 0.400. The zero-order valence-corrected chi connectivity index (χ0v) is 13.8. The van der Waals surface area contributed by atoms with Crippen molar-refractivity contribution in [3.8, 4) is 5.75 Å². The molecule has 0 aliphatic carbocycles. The van der Waals surface area contributed by atoms with E-state index in [0.717, 1.165) is 22.3 Å². The number of aryl methyl sites for hydroxylation is 2. The summed E-state index contributed by atoms with van der Waals surface area (Å²) in [6.07, 6.45) is 0.109. The summed E-state index contributed by atoms with van der Waals surface area (Å²) in [7, 11) is 1.83. The van der Waals surface area contributed by atoms with Crippen LogP contribution in [-0.4, -0.2) is 14.9 Å². The molecule has 0 amide bonds. The molecule has 4 nitrogen and oxygen atoms in total. The van der Waals surface area contributed by atoms with E-state index in [-0.39, 0.29) is 12.4 Å². The fourth-order valence-corrected chi connectivity index (χ4v) is 2.75. The minimum absolute atomic E-state index is 0.158. The first-order valence-corrected chi connectivity index (χ1v) is 7.53. The maximum atomic E-state index is 13.9. The van der Waals surface area contributed by atoms with Crippen LogP contribution in [0.25, 0.3) is 0 Å². The third-order valence-corrected chi connectivity index (χ3v) is 4.22. The Morgan fingerprint density at radius 2 is 2.19 bits per heavy atom. The summed E-state index contributed by atoms with van der Waals surface area (Å²) in [4.78, 5) is 0. The average molecular weight is 357 g/mol. The van der Waals surface area contributed by atoms with E-state index >= 15 is 0 Å². The Morgan fingerprint density at radius 1 is 1.48 bits per heavy atom. The van der Waals surface area contributed by atoms with Crippen LogP contribution < -0.4 is 4.74 Å². The first-order valence-electron chi connectivity index (χ1n) is 6.74. The van der Waals surface area contributed by atoms with Gasteiger partial charge in [0.25, 0.3) is 0 Å². The number of aromatic nitrogens is 2. The number of nitrogens with zero attached hydrogens (tertiary/aromatic N) is 2. The van der Waals surface area contributed by atoms with Gasteiger partial charge in [-0.15, -0.1) is 0 Å². The Morgan fingerprint density at radius 3 is 2.71 bits per heavy atom. The number of aliphatic hydroxyl groups excluding tert-OH is 1. The van der Waals surface area contributed by atoms with Crippen LogP contribution in [0.1, 0.15) is 36.9 Å². The summed E-state index contributed by atoms with van der Waals surface area (Å²) < 4.78 is 22.1. The van der Waals surface area contributed by atoms with Crippen molar-refractivity contribution in [2.24, 2.45) is 7.05 Å². The Balaban J connectivity index is 2.15. The van der Waals surface area contributed by atoms with Gasteiger partial charge < -0.3 is 9.84 Å². The zero-order valence-electron chi connectivity index (χ0n) is 12.2. The second kappa shape index (κ2) is 6.58. The third-order valence-electron chi connectivity index (χ3n) is 3.31. The lowest BCUT2D eigenvalue weighted by molar-refractivity contribution is 0.198. The zero-order chi connectivity index (χ0) is 15.6. The van der Waals surface area contributed by atoms with Crippen molar-refractivity contribution in [1.29, 1.82) is 0 Å². The van der Waals surface area contributed by atoms with Gasteiger partial charge in [-0.2, -0.15) is 5.10 Å². The highest BCUT2D eigenvalue weighted by atomic mass is 79.9. The number of benzene rings is 1. The standard InChI is InChI=1S/C15H18BrFN2O2/c1-4-12-15(16)13(19(3)18-12)8-21-14-6-5-10(9(2)20)7-11(14)17/h5-7,9,20H,4,8H2,1-3H3/t9-/m1/s1. The summed E-state index contributed by atoms with van der Waals surface area (Å²) in [5.74, 6) is -0.326. The normalized spacial score (nSPS) is 12.5. The van der Waals surface area contributed by atoms with Crippen molar-refractivity contribution < 1.29 is 14.2 Å². The Hall–Kier alpha value is -1.40. The summed E-state index contributed by atoms with van der Waals surface area (Å²) >= 11 is 3.49. The van der Waals surface area contributed by atoms with E-state index in [2.05, 4.69) is 21.0 Å². The maximum Gasteiger partial charge on any atom is 0.165 e. The summed E-state index contributed by atoms with van der Waals surface area (Å²) in [5, 5.41) is 13.8. The molecular formula is C15H18BrFN2O2. The molecule has 0 saturated carbocycles. The lowest BCUT2D eigenvalue weighted by Gasteiger charge is -2.10. The van der Waals surface area contributed by atoms with Crippen LogP contribution in [0.2, 0.25) is 0 Å². The largest absolute Gasteiger partial charge is 0.484 e. The lowest BCUT2D eigenvalue weighted by atomic mass is 10.1. The number of halogens is 2. The summed E-state index contributed by atoms with van der Waals surface area (Å²) in [5.41, 5.74) is 2.32. The molecule has 2 aromatic rings. The molecule has 0 unspecified atom stereocenters. The van der Waals surface area contributed by atoms with Crippen LogP contribution in [0.15, 0.2) is 22.7 Å². The molecule has 0 saturated heterocycles. The molecule has 0 spiro atoms. The van der Waals surface area contributed by atoms with Crippen molar-refractivity contribution >= 4 is 15.9 Å². The monoisotopic (exact) mass is 356 g/mol. The Labute approximate surface area is 131 Å². The number of aliphatic hydroxyl groups is 1. The molecule has 0 radical (unpaired) electrons. The average Bonchev–Trinajstić information content (AvgIpc) is 2.72. The molecule has 1 atom stereocenters. The lowest BCUT2D eigenvalue weighted by Crippen LogP contribution is -2.05. The number of hydrogen-bond acceptors (Lipinski definition) is 3. The number of hydrogen-bond donors (Lipinski definition) is 1. The molecular weight excluding hydrogens is 339 g/mol. The number of ether oxygens (including phenoxy) is 1. The fourth-order valence-electron chi connectivity index (χ4n) is 2.02. The van der Waals surface area contributed by atoms with Crippen molar-refractivity contribution in [3.05, 3.63) is 45.4 Å². The maximum absolute atomic E-state index is 13.9. The highest BCUT2D eigenvalue weighted by Gasteiger charge is 2.14. The van der Waals surface area contributed by atoms with Crippen molar-refractivity contribution in [2.45, 2.75) is 33.0 Å². The molecule has 1 N–H and O–H groups in total. The van der Waals surface area contributed by atoms with E-state index in [1.165, 1.54) is 12.1 Å². The summed E-state index contributed by atoms with van der Waals surface area (Å²) in [6, 6.07) is 4.47. The van der Waals surface area contributed by atoms with Crippen LogP contribution in [0.3, 0.4) is 0 Å². The van der Waals surface area contributed by atoms with E-state index in [9.17, 15) is 9.50 Å². The van der Waals surface area contributed by atoms with Crippen molar-refractivity contribution in [1.82, 2.24) is 9.78 Å². The van der Waals surface area contributed by atoms with Gasteiger partial charge in [0.05, 0.1) is 22.0 Å². The Kier molecular flexibility index (Phi) is 5.00. The second-order valence-electron chi connectivity index (χ2n) is 4.84. The molecule has 1 aromatic heterocycles. The minimum atomic E-state index is -0.702. The van der Waals surface area contributed by atoms with Crippen molar-refractivity contribution in [3.63, 3.8) is 0 Å². The molecule has 0 bridgehead atoms. The van der Waals surface area contributed by atoms with Gasteiger partial charge in [0, 0.05) is 7.05 Å². The quantitative estimate of drug-likeness (QED) is 0.891. The molecule has 6 heteroatoms. The first kappa shape index (κ1) is 16.0. The highest BCUT2D eigenvalue weighted by Crippen LogP contribution is 2.26. The molecule has 1 heterocycles. The van der Waals surface area contributed by atoms with Gasteiger partial charge in [0.1, 0.15) is 6.61 Å². The van der Waals surface area contributed by atoms with Crippen LogP contribution in [-0.2, 0) is 20.1 Å². The molecule has 2 rings (SSSR count). The van der Waals surface area contributed by atoms with Crippen LogP contribution in [0, 0.1) is 5.82 Å². The third kappa shape index (κ3) is 3.44. The van der Waals surface area contributed by atoms with Gasteiger partial charge in [-0.1, -0.05) is 13.0 Å². The predicted octanol–water partition coefficient (Wildman–Crippen LogP) is 3.52. The van der Waals surface area contributed by atoms with Crippen LogP contribution in [0.4, 0.5) is 4.39 Å². The second-order valence-corrected chi connectivity index (χ2v) is 5.63. The summed E-state index contributed by atoms with van der Waals surface area (Å²) in [6.45, 7) is 3.83. The highest BCUT2D eigenvalue weighted by molar-refractivity contribution is 9.10. The Bertz CT molecular complexity index is 641. The number of rotatable bonds is 5. The molecule has 21 heavy (non-hydrogen) atoms. The minimum Gasteiger partial charge on any atom is -0.484 e. The molecule has 1 aromatic carbocycles. The van der Waals surface area contributed by atoms with Gasteiger partial charge in [-0.25, -0.2) is 4.39 Å². The van der Waals surface area contributed by atoms with Gasteiger partial charge in [-0.05, 0) is 47.0 Å². The van der Waals surface area contributed by atoms with E-state index in [1.54, 1.807) is 17.7 Å². The van der Waals surface area contributed by atoms with Gasteiger partial charge in [0.15, 0.2) is 11.6 Å². The molecule has 114 valence electrons. The molecule has 0 aliphatic heterocycles. The molecule has 0 fully saturated rings. The van der Waals surface area contributed by atoms with E-state index in [4.69, 9.17) is 4.74 Å². The molecule has 0 aliphatic rings. The predicted molar refractivity (Wildman–Crippen MR) is 81.7 cm³/mol. The van der Waals surface area contributed by atoms with Crippen LogP contribution in [0.5, 0.6) is 5.75 Å². The van der Waals surface area contributed by atoms with Gasteiger partial charge in [0.2, 0.25) is 0 Å². The van der Waals surface area contributed by atoms with Gasteiger partial charge >= 0.3 is 0 Å². The van der Waals surface area contributed by atoms with Crippen molar-refractivity contribution in [2.75, 3.05) is 0 Å². The SMILES string of the molecule is CCc1nn(C)c(COc2ccc([C@@H](C)O)cc2F)c1Br. The topological polar surface area (TPSA) is 47.3 Å². The van der Waals surface area contributed by atoms with Crippen LogP contribution >= 0.6 is 15.9 Å². The van der Waals surface area contributed by atoms with E-state index in [1.807, 2.05) is 14.0 Å². The van der Waals surface area contributed by atoms with Gasteiger partial charge in [-0.3, -0.25) is 4.68 Å². The van der Waals surface area contributed by atoms with E-state index < -0.39 is 11.9 Å². The van der Waals surface area contributed by atoms with E-state index in [0.29, 0.717) is 5.56 Å². The smallest absolute Gasteiger partial charge is 0.165 e. The first-order chi connectivity index (χ1) is 9.93.